The Morgan fingerprint density at radius 3 is 2.38 bits per heavy atom. The van der Waals surface area contributed by atoms with Crippen molar-refractivity contribution in [2.24, 2.45) is 7.05 Å². The van der Waals surface area contributed by atoms with Gasteiger partial charge >= 0.3 is 29.2 Å². The minimum atomic E-state index is -5.67. The van der Waals surface area contributed by atoms with E-state index in [0.29, 0.717) is 0 Å². The number of phosphoric acid groups is 3. The maximum Gasteiger partial charge on any atom is 0.490 e. The van der Waals surface area contributed by atoms with Crippen molar-refractivity contribution < 1.29 is 56.3 Å². The molecule has 1 saturated heterocycles. The van der Waals surface area contributed by atoms with E-state index in [1.54, 1.807) is 0 Å². The highest BCUT2D eigenvalue weighted by atomic mass is 31.3. The maximum atomic E-state index is 11.9. The zero-order chi connectivity index (χ0) is 22.2. The fourth-order valence-corrected chi connectivity index (χ4v) is 5.39. The molecule has 2 unspecified atom stereocenters. The van der Waals surface area contributed by atoms with Crippen molar-refractivity contribution in [1.82, 2.24) is 9.55 Å². The number of nitrogens with zero attached hydrogens (tertiary/aromatic N) is 1. The average Bonchev–Trinajstić information content (AvgIpc) is 2.86. The Kier molecular flexibility index (Phi) is 7.23. The largest absolute Gasteiger partial charge is 0.490 e. The molecule has 0 radical (unpaired) electrons. The molecule has 0 amide bonds. The van der Waals surface area contributed by atoms with Crippen molar-refractivity contribution >= 4 is 23.5 Å². The molecule has 19 heteroatoms. The Morgan fingerprint density at radius 2 is 1.79 bits per heavy atom. The van der Waals surface area contributed by atoms with Crippen LogP contribution in [0.5, 0.6) is 0 Å². The van der Waals surface area contributed by atoms with E-state index in [4.69, 9.17) is 19.4 Å². The predicted octanol–water partition coefficient (Wildman–Crippen LogP) is -1.39. The number of H-pyrrole nitrogens is 1. The molecule has 5 atom stereocenters. The third kappa shape index (κ3) is 7.03. The van der Waals surface area contributed by atoms with Gasteiger partial charge in [-0.05, 0) is 0 Å². The summed E-state index contributed by atoms with van der Waals surface area (Å²) in [7, 11) is -15.2. The molecule has 0 spiro atoms. The third-order valence-corrected chi connectivity index (χ3v) is 7.33. The highest BCUT2D eigenvalue weighted by Gasteiger charge is 2.43. The van der Waals surface area contributed by atoms with Crippen molar-refractivity contribution in [2.45, 2.75) is 24.7 Å². The van der Waals surface area contributed by atoms with Crippen LogP contribution in [0.4, 0.5) is 0 Å². The summed E-state index contributed by atoms with van der Waals surface area (Å²) >= 11 is 0. The van der Waals surface area contributed by atoms with Gasteiger partial charge < -0.3 is 34.0 Å². The minimum Gasteiger partial charge on any atom is -0.390 e. The van der Waals surface area contributed by atoms with Gasteiger partial charge in [0.1, 0.15) is 6.10 Å². The summed E-state index contributed by atoms with van der Waals surface area (Å²) in [6.07, 6.45) is -2.56. The van der Waals surface area contributed by atoms with E-state index in [1.165, 1.54) is 13.2 Å². The quantitative estimate of drug-likeness (QED) is 0.234. The topological polar surface area (TPSA) is 244 Å². The molecular formula is C10H17N2O14P3. The summed E-state index contributed by atoms with van der Waals surface area (Å²) in [6, 6.07) is 0. The number of aromatic nitrogens is 2. The van der Waals surface area contributed by atoms with Crippen LogP contribution in [0.25, 0.3) is 0 Å². The molecule has 29 heavy (non-hydrogen) atoms. The van der Waals surface area contributed by atoms with Gasteiger partial charge in [-0.25, -0.2) is 18.5 Å². The van der Waals surface area contributed by atoms with Crippen LogP contribution in [-0.4, -0.2) is 53.0 Å². The summed E-state index contributed by atoms with van der Waals surface area (Å²) in [6.45, 7) is -0.870. The molecule has 0 saturated carbocycles. The summed E-state index contributed by atoms with van der Waals surface area (Å²) in [5, 5.41) is 9.99. The summed E-state index contributed by atoms with van der Waals surface area (Å²) < 4.78 is 51.4. The first kappa shape index (κ1) is 24.3. The lowest BCUT2D eigenvalue weighted by atomic mass is 10.1. The van der Waals surface area contributed by atoms with Crippen molar-refractivity contribution in [1.29, 1.82) is 0 Å². The number of nitrogens with one attached hydrogen (secondary N) is 1. The van der Waals surface area contributed by atoms with E-state index in [0.717, 1.165) is 4.57 Å². The Hall–Kier alpha value is -0.990. The number of aliphatic hydroxyl groups is 1. The van der Waals surface area contributed by atoms with Gasteiger partial charge in [-0.15, -0.1) is 0 Å². The smallest absolute Gasteiger partial charge is 0.390 e. The van der Waals surface area contributed by atoms with E-state index in [9.17, 15) is 33.3 Å². The Bertz CT molecular complexity index is 1010. The molecule has 6 N–H and O–H groups in total. The van der Waals surface area contributed by atoms with Crippen LogP contribution >= 0.6 is 23.5 Å². The van der Waals surface area contributed by atoms with Gasteiger partial charge in [0.25, 0.3) is 5.56 Å². The number of hydrogen-bond acceptors (Lipinski definition) is 10. The monoisotopic (exact) mass is 482 g/mol. The average molecular weight is 482 g/mol. The number of aliphatic hydroxyl groups excluding tert-OH is 1. The lowest BCUT2D eigenvalue weighted by Gasteiger charge is -2.19. The fraction of sp³-hybridized carbons (Fsp3) is 0.600. The van der Waals surface area contributed by atoms with Crippen LogP contribution in [0.1, 0.15) is 18.1 Å². The van der Waals surface area contributed by atoms with E-state index in [2.05, 4.69) is 13.1 Å². The number of hydrogen-bond donors (Lipinski definition) is 6. The Balaban J connectivity index is 2.03. The molecule has 2 rings (SSSR count). The van der Waals surface area contributed by atoms with Gasteiger partial charge in [0.15, 0.2) is 0 Å². The zero-order valence-electron chi connectivity index (χ0n) is 14.4. The lowest BCUT2D eigenvalue weighted by Crippen LogP contribution is -2.31. The second-order valence-corrected chi connectivity index (χ2v) is 10.2. The highest BCUT2D eigenvalue weighted by Crippen LogP contribution is 2.66. The molecule has 2 heterocycles. The third-order valence-electron chi connectivity index (χ3n) is 3.52. The van der Waals surface area contributed by atoms with Gasteiger partial charge in [-0.3, -0.25) is 14.3 Å². The molecule has 1 aliphatic rings. The first-order valence-corrected chi connectivity index (χ1v) is 12.0. The molecule has 0 bridgehead atoms. The molecule has 1 aromatic heterocycles. The van der Waals surface area contributed by atoms with E-state index >= 15 is 0 Å². The van der Waals surface area contributed by atoms with Crippen molar-refractivity contribution in [3.8, 4) is 0 Å². The lowest BCUT2D eigenvalue weighted by molar-refractivity contribution is -0.0225. The molecular weight excluding hydrogens is 465 g/mol. The van der Waals surface area contributed by atoms with E-state index in [1.807, 2.05) is 4.98 Å². The maximum absolute atomic E-state index is 11.9. The van der Waals surface area contributed by atoms with Crippen molar-refractivity contribution in [3.05, 3.63) is 32.6 Å². The first-order valence-electron chi connectivity index (χ1n) is 7.50. The second-order valence-electron chi connectivity index (χ2n) is 5.81. The normalized spacial score (nSPS) is 26.8. The number of phosphoric ester groups is 1. The molecule has 1 aliphatic heterocycles. The summed E-state index contributed by atoms with van der Waals surface area (Å²) in [5.41, 5.74) is -1.45. The van der Waals surface area contributed by atoms with Gasteiger partial charge in [0.2, 0.25) is 0 Å². The van der Waals surface area contributed by atoms with E-state index in [-0.39, 0.29) is 12.0 Å². The Morgan fingerprint density at radius 1 is 1.17 bits per heavy atom. The minimum absolute atomic E-state index is 0.00742. The number of rotatable bonds is 8. The second kappa shape index (κ2) is 8.63. The molecule has 0 aromatic carbocycles. The van der Waals surface area contributed by atoms with Gasteiger partial charge in [0, 0.05) is 19.7 Å². The molecule has 1 fully saturated rings. The van der Waals surface area contributed by atoms with Crippen LogP contribution < -0.4 is 11.2 Å². The van der Waals surface area contributed by atoms with Crippen LogP contribution in [0, 0.1) is 0 Å². The molecule has 166 valence electrons. The summed E-state index contributed by atoms with van der Waals surface area (Å²) in [5.74, 6) is 0. The molecule has 1 aromatic rings. The first-order chi connectivity index (χ1) is 13.1. The van der Waals surface area contributed by atoms with Gasteiger partial charge in [-0.2, -0.15) is 8.62 Å². The van der Waals surface area contributed by atoms with Crippen LogP contribution in [0.15, 0.2) is 15.8 Å². The van der Waals surface area contributed by atoms with Gasteiger partial charge in [0.05, 0.1) is 24.4 Å². The fourth-order valence-electron chi connectivity index (χ4n) is 2.36. The molecule has 0 aliphatic carbocycles. The SMILES string of the molecule is Cn1cc([C@H]2C[C@@H](O)[C@@H](COP(=O)(O)OP(=O)(O)OP(=O)(O)O)O2)c(=O)[nH]c1=O. The van der Waals surface area contributed by atoms with Crippen LogP contribution in [0.3, 0.4) is 0 Å². The number of aryl methyl sites for hydroxylation is 1. The highest BCUT2D eigenvalue weighted by molar-refractivity contribution is 7.66. The standard InChI is InChI=1S/C10H17N2O14P3/c1-12-3-5(9(14)11-10(12)15)7-2-6(13)8(24-7)4-23-28(19,20)26-29(21,22)25-27(16,17)18/h3,6-8,13H,2,4H2,1H3,(H,19,20)(H,21,22)(H,11,14,15)(H2,16,17,18)/t6-,7-,8-/m1/s1. The van der Waals surface area contributed by atoms with E-state index < -0.39 is 59.6 Å². The number of aromatic amines is 1. The predicted molar refractivity (Wildman–Crippen MR) is 90.4 cm³/mol. The molecule has 16 nitrogen and oxygen atoms in total. The zero-order valence-corrected chi connectivity index (χ0v) is 17.1. The van der Waals surface area contributed by atoms with Crippen LogP contribution in [0.2, 0.25) is 0 Å². The Labute approximate surface area is 161 Å². The number of ether oxygens (including phenoxy) is 1. The van der Waals surface area contributed by atoms with Crippen LogP contribution in [-0.2, 0) is 38.6 Å². The summed E-state index contributed by atoms with van der Waals surface area (Å²) in [4.78, 5) is 60.6. The van der Waals surface area contributed by atoms with Crippen molar-refractivity contribution in [2.75, 3.05) is 6.61 Å². The van der Waals surface area contributed by atoms with Gasteiger partial charge in [-0.1, -0.05) is 0 Å². The van der Waals surface area contributed by atoms with Crippen molar-refractivity contribution in [3.63, 3.8) is 0 Å².